The zero-order valence-electron chi connectivity index (χ0n) is 14.1. The molecule has 6 nitrogen and oxygen atoms in total. The average Bonchev–Trinajstić information content (AvgIpc) is 2.45. The van der Waals surface area contributed by atoms with E-state index in [2.05, 4.69) is 0 Å². The first-order valence-electron chi connectivity index (χ1n) is 7.76. The summed E-state index contributed by atoms with van der Waals surface area (Å²) in [7, 11) is 0. The molecule has 1 aliphatic rings. The lowest BCUT2D eigenvalue weighted by atomic mass is 10.1. The normalized spacial score (nSPS) is 18.7. The molecule has 23 heavy (non-hydrogen) atoms. The first-order chi connectivity index (χ1) is 10.7. The van der Waals surface area contributed by atoms with E-state index in [0.717, 1.165) is 0 Å². The highest BCUT2D eigenvalue weighted by atomic mass is 16.6. The van der Waals surface area contributed by atoms with Gasteiger partial charge in [0.15, 0.2) is 0 Å². The number of phenols is 1. The number of benzene rings is 1. The van der Waals surface area contributed by atoms with Gasteiger partial charge in [-0.1, -0.05) is 12.1 Å². The highest BCUT2D eigenvalue weighted by molar-refractivity contribution is 5.97. The summed E-state index contributed by atoms with van der Waals surface area (Å²) >= 11 is 0. The van der Waals surface area contributed by atoms with Gasteiger partial charge in [-0.25, -0.2) is 4.79 Å². The van der Waals surface area contributed by atoms with E-state index in [4.69, 9.17) is 4.74 Å². The smallest absolute Gasteiger partial charge is 0.410 e. The van der Waals surface area contributed by atoms with Gasteiger partial charge in [-0.15, -0.1) is 0 Å². The van der Waals surface area contributed by atoms with Crippen molar-refractivity contribution in [3.8, 4) is 5.75 Å². The van der Waals surface area contributed by atoms with Gasteiger partial charge in [-0.2, -0.15) is 0 Å². The van der Waals surface area contributed by atoms with Gasteiger partial charge in [0.2, 0.25) is 0 Å². The first kappa shape index (κ1) is 17.1. The van der Waals surface area contributed by atoms with Crippen LogP contribution in [0.1, 0.15) is 38.1 Å². The minimum atomic E-state index is -0.542. The van der Waals surface area contributed by atoms with Gasteiger partial charge < -0.3 is 19.6 Å². The molecular formula is C17H24N2O4. The fraction of sp³-hybridized carbons (Fsp3) is 0.529. The summed E-state index contributed by atoms with van der Waals surface area (Å²) in [5.41, 5.74) is -0.259. The number of hydrogen-bond acceptors (Lipinski definition) is 4. The maximum absolute atomic E-state index is 12.5. The second kappa shape index (κ2) is 6.48. The molecule has 2 rings (SSSR count). The van der Waals surface area contributed by atoms with Crippen molar-refractivity contribution in [3.05, 3.63) is 29.8 Å². The molecule has 0 radical (unpaired) electrons. The molecule has 0 saturated carbocycles. The molecule has 1 heterocycles. The van der Waals surface area contributed by atoms with Gasteiger partial charge in [-0.3, -0.25) is 4.79 Å². The summed E-state index contributed by atoms with van der Waals surface area (Å²) in [6, 6.07) is 6.34. The molecule has 1 aliphatic heterocycles. The van der Waals surface area contributed by atoms with Crippen molar-refractivity contribution < 1.29 is 19.4 Å². The van der Waals surface area contributed by atoms with Crippen molar-refractivity contribution in [2.45, 2.75) is 39.3 Å². The van der Waals surface area contributed by atoms with E-state index in [1.807, 2.05) is 27.7 Å². The zero-order chi connectivity index (χ0) is 17.2. The molecule has 6 heteroatoms. The number of ether oxygens (including phenoxy) is 1. The van der Waals surface area contributed by atoms with E-state index in [1.165, 1.54) is 6.07 Å². The standard InChI is InChI=1S/C17H24N2O4/c1-12-11-18(15(21)13-7-5-6-8-14(13)20)9-10-19(12)16(22)23-17(2,3)4/h5-8,12,20H,9-11H2,1-4H3. The fourth-order valence-electron chi connectivity index (χ4n) is 2.56. The second-order valence-electron chi connectivity index (χ2n) is 6.79. The molecule has 1 aromatic carbocycles. The molecule has 1 aromatic rings. The third-order valence-corrected chi connectivity index (χ3v) is 3.68. The van der Waals surface area contributed by atoms with E-state index in [-0.39, 0.29) is 29.4 Å². The predicted molar refractivity (Wildman–Crippen MR) is 86.4 cm³/mol. The summed E-state index contributed by atoms with van der Waals surface area (Å²) < 4.78 is 5.39. The molecule has 0 aliphatic carbocycles. The summed E-state index contributed by atoms with van der Waals surface area (Å²) in [6.45, 7) is 8.60. The van der Waals surface area contributed by atoms with E-state index in [9.17, 15) is 14.7 Å². The molecule has 1 unspecified atom stereocenters. The molecule has 0 bridgehead atoms. The van der Waals surface area contributed by atoms with Crippen LogP contribution < -0.4 is 0 Å². The van der Waals surface area contributed by atoms with Gasteiger partial charge >= 0.3 is 6.09 Å². The molecule has 1 atom stereocenters. The molecular weight excluding hydrogens is 296 g/mol. The Morgan fingerprint density at radius 3 is 2.43 bits per heavy atom. The number of amides is 2. The molecule has 1 saturated heterocycles. The monoisotopic (exact) mass is 320 g/mol. The van der Waals surface area contributed by atoms with Crippen LogP contribution in [0.3, 0.4) is 0 Å². The predicted octanol–water partition coefficient (Wildman–Crippen LogP) is 2.47. The Bertz CT molecular complexity index is 595. The van der Waals surface area contributed by atoms with Gasteiger partial charge in [0.1, 0.15) is 11.4 Å². The van der Waals surface area contributed by atoms with E-state index in [1.54, 1.807) is 28.0 Å². The Hall–Kier alpha value is -2.24. The van der Waals surface area contributed by atoms with E-state index >= 15 is 0 Å². The van der Waals surface area contributed by atoms with Crippen molar-refractivity contribution >= 4 is 12.0 Å². The average molecular weight is 320 g/mol. The van der Waals surface area contributed by atoms with Crippen LogP contribution in [-0.2, 0) is 4.74 Å². The van der Waals surface area contributed by atoms with Crippen molar-refractivity contribution in [1.29, 1.82) is 0 Å². The lowest BCUT2D eigenvalue weighted by Crippen LogP contribution is -2.56. The Morgan fingerprint density at radius 1 is 1.22 bits per heavy atom. The van der Waals surface area contributed by atoms with E-state index in [0.29, 0.717) is 19.6 Å². The lowest BCUT2D eigenvalue weighted by molar-refractivity contribution is 0.00193. The van der Waals surface area contributed by atoms with Crippen LogP contribution in [0.2, 0.25) is 0 Å². The number of hydrogen-bond donors (Lipinski definition) is 1. The van der Waals surface area contributed by atoms with Gasteiger partial charge in [-0.05, 0) is 39.8 Å². The van der Waals surface area contributed by atoms with Gasteiger partial charge in [0.05, 0.1) is 5.56 Å². The van der Waals surface area contributed by atoms with Crippen molar-refractivity contribution in [3.63, 3.8) is 0 Å². The Balaban J connectivity index is 2.03. The van der Waals surface area contributed by atoms with Crippen LogP contribution in [0, 0.1) is 0 Å². The zero-order valence-corrected chi connectivity index (χ0v) is 14.1. The Morgan fingerprint density at radius 2 is 1.87 bits per heavy atom. The maximum Gasteiger partial charge on any atom is 0.410 e. The highest BCUT2D eigenvalue weighted by Gasteiger charge is 2.33. The number of rotatable bonds is 1. The number of carbonyl (C=O) groups is 2. The Labute approximate surface area is 136 Å². The van der Waals surface area contributed by atoms with Crippen LogP contribution in [0.25, 0.3) is 0 Å². The number of aromatic hydroxyl groups is 1. The molecule has 0 aromatic heterocycles. The number of carbonyl (C=O) groups excluding carboxylic acids is 2. The summed E-state index contributed by atoms with van der Waals surface area (Å²) in [5, 5.41) is 9.81. The fourth-order valence-corrected chi connectivity index (χ4v) is 2.56. The van der Waals surface area contributed by atoms with Crippen LogP contribution in [0.5, 0.6) is 5.75 Å². The molecule has 1 fully saturated rings. The van der Waals surface area contributed by atoms with Gasteiger partial charge in [0.25, 0.3) is 5.91 Å². The minimum absolute atomic E-state index is 0.0280. The SMILES string of the molecule is CC1CN(C(=O)c2ccccc2O)CCN1C(=O)OC(C)(C)C. The van der Waals surface area contributed by atoms with Crippen LogP contribution in [0.15, 0.2) is 24.3 Å². The summed E-state index contributed by atoms with van der Waals surface area (Å²) in [4.78, 5) is 28.0. The van der Waals surface area contributed by atoms with Crippen molar-refractivity contribution in [2.24, 2.45) is 0 Å². The van der Waals surface area contributed by atoms with Crippen molar-refractivity contribution in [2.75, 3.05) is 19.6 Å². The number of piperazine rings is 1. The largest absolute Gasteiger partial charge is 0.507 e. The molecule has 2 amide bonds. The lowest BCUT2D eigenvalue weighted by Gasteiger charge is -2.40. The third kappa shape index (κ3) is 4.15. The first-order valence-corrected chi connectivity index (χ1v) is 7.76. The summed E-state index contributed by atoms with van der Waals surface area (Å²) in [6.07, 6.45) is -0.361. The Kier molecular flexibility index (Phi) is 4.82. The quantitative estimate of drug-likeness (QED) is 0.863. The third-order valence-electron chi connectivity index (χ3n) is 3.68. The topological polar surface area (TPSA) is 70.1 Å². The maximum atomic E-state index is 12.5. The minimum Gasteiger partial charge on any atom is -0.507 e. The number of phenolic OH excluding ortho intramolecular Hbond substituents is 1. The van der Waals surface area contributed by atoms with Crippen LogP contribution in [0.4, 0.5) is 4.79 Å². The number of nitrogens with zero attached hydrogens (tertiary/aromatic N) is 2. The molecule has 126 valence electrons. The molecule has 1 N–H and O–H groups in total. The second-order valence-corrected chi connectivity index (χ2v) is 6.79. The van der Waals surface area contributed by atoms with Crippen molar-refractivity contribution in [1.82, 2.24) is 9.80 Å². The number of para-hydroxylation sites is 1. The summed E-state index contributed by atoms with van der Waals surface area (Å²) in [5.74, 6) is -0.251. The van der Waals surface area contributed by atoms with Crippen LogP contribution >= 0.6 is 0 Å². The van der Waals surface area contributed by atoms with Crippen LogP contribution in [-0.4, -0.2) is 58.2 Å². The molecule has 0 spiro atoms. The highest BCUT2D eigenvalue weighted by Crippen LogP contribution is 2.21. The van der Waals surface area contributed by atoms with E-state index < -0.39 is 5.60 Å². The van der Waals surface area contributed by atoms with Gasteiger partial charge in [0, 0.05) is 25.7 Å².